The molecule has 0 saturated carbocycles. The lowest BCUT2D eigenvalue weighted by atomic mass is 10.1. The van der Waals surface area contributed by atoms with E-state index in [2.05, 4.69) is 21.2 Å². The van der Waals surface area contributed by atoms with Crippen LogP contribution in [0, 0.1) is 13.8 Å². The number of ether oxygens (including phenoxy) is 1. The SMILES string of the molecule is CNC(=O)[C@@H](C)N(Cc1ccc(Br)cc1)C(=O)COc1cc(C)ccc1C. The first-order valence-electron chi connectivity index (χ1n) is 8.77. The zero-order valence-electron chi connectivity index (χ0n) is 16.1. The molecule has 0 bridgehead atoms. The third-order valence-electron chi connectivity index (χ3n) is 4.37. The van der Waals surface area contributed by atoms with Gasteiger partial charge in [0.2, 0.25) is 5.91 Å². The molecule has 0 saturated heterocycles. The summed E-state index contributed by atoms with van der Waals surface area (Å²) in [6.07, 6.45) is 0. The van der Waals surface area contributed by atoms with Gasteiger partial charge >= 0.3 is 0 Å². The van der Waals surface area contributed by atoms with Gasteiger partial charge in [-0.1, -0.05) is 40.2 Å². The molecule has 0 unspecified atom stereocenters. The van der Waals surface area contributed by atoms with E-state index in [9.17, 15) is 9.59 Å². The van der Waals surface area contributed by atoms with Crippen molar-refractivity contribution >= 4 is 27.7 Å². The number of halogens is 1. The summed E-state index contributed by atoms with van der Waals surface area (Å²) in [5.41, 5.74) is 2.97. The summed E-state index contributed by atoms with van der Waals surface area (Å²) in [4.78, 5) is 26.5. The minimum atomic E-state index is -0.603. The van der Waals surface area contributed by atoms with Crippen LogP contribution in [-0.4, -0.2) is 36.4 Å². The second kappa shape index (κ2) is 9.55. The Hall–Kier alpha value is -2.34. The predicted molar refractivity (Wildman–Crippen MR) is 110 cm³/mol. The van der Waals surface area contributed by atoms with Crippen LogP contribution in [0.25, 0.3) is 0 Å². The average Bonchev–Trinajstić information content (AvgIpc) is 2.66. The van der Waals surface area contributed by atoms with Crippen LogP contribution in [0.5, 0.6) is 5.75 Å². The summed E-state index contributed by atoms with van der Waals surface area (Å²) in [7, 11) is 1.56. The summed E-state index contributed by atoms with van der Waals surface area (Å²) in [6.45, 7) is 5.83. The van der Waals surface area contributed by atoms with E-state index in [0.717, 1.165) is 21.2 Å². The molecule has 0 heterocycles. The number of carbonyl (C=O) groups is 2. The van der Waals surface area contributed by atoms with Crippen LogP contribution in [0.2, 0.25) is 0 Å². The lowest BCUT2D eigenvalue weighted by Gasteiger charge is -2.28. The maximum Gasteiger partial charge on any atom is 0.261 e. The van der Waals surface area contributed by atoms with Gasteiger partial charge in [0.05, 0.1) is 0 Å². The maximum absolute atomic E-state index is 12.9. The fraction of sp³-hybridized carbons (Fsp3) is 0.333. The zero-order valence-corrected chi connectivity index (χ0v) is 17.7. The summed E-state index contributed by atoms with van der Waals surface area (Å²) in [6, 6.07) is 12.9. The summed E-state index contributed by atoms with van der Waals surface area (Å²) in [5, 5.41) is 2.60. The second-order valence-corrected chi connectivity index (χ2v) is 7.41. The molecule has 6 heteroatoms. The van der Waals surface area contributed by atoms with Gasteiger partial charge in [0, 0.05) is 18.1 Å². The number of nitrogens with zero attached hydrogens (tertiary/aromatic N) is 1. The number of carbonyl (C=O) groups excluding carboxylic acids is 2. The van der Waals surface area contributed by atoms with Crippen molar-refractivity contribution < 1.29 is 14.3 Å². The van der Waals surface area contributed by atoms with Crippen molar-refractivity contribution in [2.45, 2.75) is 33.4 Å². The Kier molecular flexibility index (Phi) is 7.42. The zero-order chi connectivity index (χ0) is 20.0. The van der Waals surface area contributed by atoms with Crippen molar-refractivity contribution in [2.24, 2.45) is 0 Å². The van der Waals surface area contributed by atoms with Gasteiger partial charge < -0.3 is 15.0 Å². The first-order valence-corrected chi connectivity index (χ1v) is 9.56. The van der Waals surface area contributed by atoms with E-state index in [4.69, 9.17) is 4.74 Å². The molecule has 27 heavy (non-hydrogen) atoms. The standard InChI is InChI=1S/C21H25BrN2O3/c1-14-5-6-15(2)19(11-14)27-13-20(25)24(16(3)21(26)23-4)12-17-7-9-18(22)10-8-17/h5-11,16H,12-13H2,1-4H3,(H,23,26)/t16-/m1/s1. The van der Waals surface area contributed by atoms with Gasteiger partial charge in [0.25, 0.3) is 5.91 Å². The molecule has 0 fully saturated rings. The molecule has 2 aromatic carbocycles. The third-order valence-corrected chi connectivity index (χ3v) is 4.90. The van der Waals surface area contributed by atoms with Crippen LogP contribution in [0.1, 0.15) is 23.6 Å². The van der Waals surface area contributed by atoms with E-state index >= 15 is 0 Å². The van der Waals surface area contributed by atoms with Gasteiger partial charge in [-0.2, -0.15) is 0 Å². The molecule has 0 aliphatic carbocycles. The fourth-order valence-electron chi connectivity index (χ4n) is 2.66. The van der Waals surface area contributed by atoms with Gasteiger partial charge in [-0.3, -0.25) is 9.59 Å². The number of hydrogen-bond donors (Lipinski definition) is 1. The van der Waals surface area contributed by atoms with Gasteiger partial charge in [0.1, 0.15) is 11.8 Å². The molecule has 2 aromatic rings. The average molecular weight is 433 g/mol. The molecule has 5 nitrogen and oxygen atoms in total. The van der Waals surface area contributed by atoms with E-state index in [0.29, 0.717) is 12.3 Å². The normalized spacial score (nSPS) is 11.6. The monoisotopic (exact) mass is 432 g/mol. The summed E-state index contributed by atoms with van der Waals surface area (Å²) >= 11 is 3.40. The molecule has 1 atom stereocenters. The number of amides is 2. The number of aryl methyl sites for hydroxylation is 2. The molecule has 2 amide bonds. The van der Waals surface area contributed by atoms with E-state index in [1.54, 1.807) is 14.0 Å². The van der Waals surface area contributed by atoms with Gasteiger partial charge in [-0.25, -0.2) is 0 Å². The Balaban J connectivity index is 2.15. The largest absolute Gasteiger partial charge is 0.483 e. The van der Waals surface area contributed by atoms with E-state index in [1.807, 2.05) is 56.3 Å². The minimum absolute atomic E-state index is 0.123. The Morgan fingerprint density at radius 3 is 2.44 bits per heavy atom. The second-order valence-electron chi connectivity index (χ2n) is 6.50. The summed E-state index contributed by atoms with van der Waals surface area (Å²) < 4.78 is 6.71. The van der Waals surface area contributed by atoms with Gasteiger partial charge in [0.15, 0.2) is 6.61 Å². The van der Waals surface area contributed by atoms with Crippen LogP contribution >= 0.6 is 15.9 Å². The van der Waals surface area contributed by atoms with Crippen molar-refractivity contribution in [3.63, 3.8) is 0 Å². The highest BCUT2D eigenvalue weighted by molar-refractivity contribution is 9.10. The number of rotatable bonds is 7. The quantitative estimate of drug-likeness (QED) is 0.726. The lowest BCUT2D eigenvalue weighted by molar-refractivity contribution is -0.142. The lowest BCUT2D eigenvalue weighted by Crippen LogP contribution is -2.48. The predicted octanol–water partition coefficient (Wildman–Crippen LogP) is 3.61. The van der Waals surface area contributed by atoms with Crippen LogP contribution in [0.4, 0.5) is 0 Å². The van der Waals surface area contributed by atoms with Crippen molar-refractivity contribution in [2.75, 3.05) is 13.7 Å². The Morgan fingerprint density at radius 2 is 1.81 bits per heavy atom. The molecule has 0 aliphatic rings. The molecular formula is C21H25BrN2O3. The van der Waals surface area contributed by atoms with Gasteiger partial charge in [-0.05, 0) is 55.7 Å². The van der Waals surface area contributed by atoms with E-state index < -0.39 is 6.04 Å². The Morgan fingerprint density at radius 1 is 1.15 bits per heavy atom. The number of hydrogen-bond acceptors (Lipinski definition) is 3. The van der Waals surface area contributed by atoms with Crippen molar-refractivity contribution in [3.8, 4) is 5.75 Å². The van der Waals surface area contributed by atoms with Crippen LogP contribution in [-0.2, 0) is 16.1 Å². The molecular weight excluding hydrogens is 408 g/mol. The fourth-order valence-corrected chi connectivity index (χ4v) is 2.93. The minimum Gasteiger partial charge on any atom is -0.483 e. The van der Waals surface area contributed by atoms with Crippen molar-refractivity contribution in [3.05, 3.63) is 63.6 Å². The molecule has 1 N–H and O–H groups in total. The van der Waals surface area contributed by atoms with Gasteiger partial charge in [-0.15, -0.1) is 0 Å². The number of nitrogens with one attached hydrogen (secondary N) is 1. The Labute approximate surface area is 168 Å². The first-order chi connectivity index (χ1) is 12.8. The molecule has 0 aromatic heterocycles. The highest BCUT2D eigenvalue weighted by Crippen LogP contribution is 2.20. The first kappa shape index (κ1) is 21.0. The number of likely N-dealkylation sites (N-methyl/N-ethyl adjacent to an activating group) is 1. The highest BCUT2D eigenvalue weighted by atomic mass is 79.9. The van der Waals surface area contributed by atoms with E-state index in [1.165, 1.54) is 4.90 Å². The summed E-state index contributed by atoms with van der Waals surface area (Å²) in [5.74, 6) is 0.224. The number of benzene rings is 2. The third kappa shape index (κ3) is 5.82. The van der Waals surface area contributed by atoms with E-state index in [-0.39, 0.29) is 18.4 Å². The molecule has 0 spiro atoms. The van der Waals surface area contributed by atoms with Crippen LogP contribution < -0.4 is 10.1 Å². The Bertz CT molecular complexity index is 806. The van der Waals surface area contributed by atoms with Crippen molar-refractivity contribution in [1.82, 2.24) is 10.2 Å². The highest BCUT2D eigenvalue weighted by Gasteiger charge is 2.26. The smallest absolute Gasteiger partial charge is 0.261 e. The molecule has 2 rings (SSSR count). The topological polar surface area (TPSA) is 58.6 Å². The molecule has 144 valence electrons. The maximum atomic E-state index is 12.9. The van der Waals surface area contributed by atoms with Crippen molar-refractivity contribution in [1.29, 1.82) is 0 Å². The van der Waals surface area contributed by atoms with Crippen LogP contribution in [0.15, 0.2) is 46.9 Å². The van der Waals surface area contributed by atoms with Crippen LogP contribution in [0.3, 0.4) is 0 Å². The molecule has 0 radical (unpaired) electrons. The molecule has 0 aliphatic heterocycles.